The van der Waals surface area contributed by atoms with Crippen LogP contribution in [-0.2, 0) is 6.54 Å². The third kappa shape index (κ3) is 3.40. The van der Waals surface area contributed by atoms with Crippen molar-refractivity contribution in [1.82, 2.24) is 4.98 Å². The maximum Gasteiger partial charge on any atom is 0.147 e. The molecule has 2 N–H and O–H groups in total. The van der Waals surface area contributed by atoms with Crippen molar-refractivity contribution in [3.63, 3.8) is 0 Å². The molecule has 1 aliphatic rings. The summed E-state index contributed by atoms with van der Waals surface area (Å²) in [6.45, 7) is 2.77. The lowest BCUT2D eigenvalue weighted by molar-refractivity contribution is 0.313. The second kappa shape index (κ2) is 6.58. The van der Waals surface area contributed by atoms with Gasteiger partial charge in [-0.15, -0.1) is 0 Å². The first kappa shape index (κ1) is 14.6. The molecule has 106 valence electrons. The van der Waals surface area contributed by atoms with Gasteiger partial charge >= 0.3 is 0 Å². The topological polar surface area (TPSA) is 42.2 Å². The summed E-state index contributed by atoms with van der Waals surface area (Å²) in [6.07, 6.45) is 8.27. The van der Waals surface area contributed by atoms with Crippen molar-refractivity contribution in [2.75, 3.05) is 11.9 Å². The third-order valence-electron chi connectivity index (χ3n) is 4.39. The predicted molar refractivity (Wildman–Crippen MR) is 81.6 cm³/mol. The van der Waals surface area contributed by atoms with Crippen molar-refractivity contribution >= 4 is 17.4 Å². The lowest BCUT2D eigenvalue weighted by atomic mass is 9.84. The van der Waals surface area contributed by atoms with Crippen LogP contribution < -0.4 is 10.6 Å². The molecule has 1 saturated carbocycles. The number of anilines is 1. The van der Waals surface area contributed by atoms with Crippen molar-refractivity contribution in [2.24, 2.45) is 11.7 Å². The molecule has 0 radical (unpaired) electrons. The smallest absolute Gasteiger partial charge is 0.147 e. The van der Waals surface area contributed by atoms with Gasteiger partial charge in [-0.2, -0.15) is 0 Å². The zero-order valence-corrected chi connectivity index (χ0v) is 12.7. The van der Waals surface area contributed by atoms with Crippen molar-refractivity contribution in [1.29, 1.82) is 0 Å². The molecule has 0 atom stereocenters. The summed E-state index contributed by atoms with van der Waals surface area (Å²) in [4.78, 5) is 6.72. The van der Waals surface area contributed by atoms with Gasteiger partial charge in [-0.1, -0.05) is 24.9 Å². The van der Waals surface area contributed by atoms with E-state index in [1.807, 2.05) is 12.3 Å². The van der Waals surface area contributed by atoms with Crippen LogP contribution in [0.4, 0.5) is 5.82 Å². The Hall–Kier alpha value is -0.800. The van der Waals surface area contributed by atoms with Gasteiger partial charge in [0, 0.05) is 25.8 Å². The molecule has 4 heteroatoms. The maximum atomic E-state index is 6.32. The van der Waals surface area contributed by atoms with E-state index in [0.29, 0.717) is 17.6 Å². The Bertz CT molecular complexity index is 414. The Morgan fingerprint density at radius 3 is 2.58 bits per heavy atom. The zero-order chi connectivity index (χ0) is 13.8. The van der Waals surface area contributed by atoms with Crippen LogP contribution in [0.1, 0.15) is 44.6 Å². The maximum absolute atomic E-state index is 6.32. The number of halogens is 1. The fraction of sp³-hybridized carbons (Fsp3) is 0.667. The second-order valence-electron chi connectivity index (χ2n) is 5.55. The lowest BCUT2D eigenvalue weighted by Gasteiger charge is -2.35. The van der Waals surface area contributed by atoms with Crippen molar-refractivity contribution in [2.45, 2.75) is 51.6 Å². The average molecular weight is 282 g/mol. The summed E-state index contributed by atoms with van der Waals surface area (Å²) in [5.41, 5.74) is 6.59. The Balaban J connectivity index is 2.05. The van der Waals surface area contributed by atoms with Crippen molar-refractivity contribution in [3.8, 4) is 0 Å². The molecule has 0 spiro atoms. The van der Waals surface area contributed by atoms with Gasteiger partial charge in [0.05, 0.1) is 5.02 Å². The van der Waals surface area contributed by atoms with Crippen LogP contribution in [0.3, 0.4) is 0 Å². The van der Waals surface area contributed by atoms with Gasteiger partial charge in [-0.05, 0) is 43.2 Å². The number of rotatable bonds is 4. The summed E-state index contributed by atoms with van der Waals surface area (Å²) in [5.74, 6) is 1.80. The molecule has 2 rings (SSSR count). The molecule has 0 aliphatic heterocycles. The lowest BCUT2D eigenvalue weighted by Crippen LogP contribution is -2.35. The van der Waals surface area contributed by atoms with Crippen molar-refractivity contribution in [3.05, 3.63) is 22.8 Å². The molecule has 0 aromatic carbocycles. The predicted octanol–water partition coefficient (Wildman–Crippen LogP) is 3.60. The summed E-state index contributed by atoms with van der Waals surface area (Å²) in [5, 5.41) is 0.711. The van der Waals surface area contributed by atoms with Gasteiger partial charge in [0.25, 0.3) is 0 Å². The highest BCUT2D eigenvalue weighted by Gasteiger charge is 2.24. The van der Waals surface area contributed by atoms with Crippen LogP contribution in [0.15, 0.2) is 12.3 Å². The third-order valence-corrected chi connectivity index (χ3v) is 4.67. The van der Waals surface area contributed by atoms with Crippen LogP contribution in [0.25, 0.3) is 0 Å². The van der Waals surface area contributed by atoms with E-state index in [1.165, 1.54) is 32.1 Å². The zero-order valence-electron chi connectivity index (χ0n) is 11.9. The summed E-state index contributed by atoms with van der Waals surface area (Å²) >= 11 is 6.32. The number of hydrogen-bond acceptors (Lipinski definition) is 3. The number of aromatic nitrogens is 1. The minimum Gasteiger partial charge on any atom is -0.355 e. The van der Waals surface area contributed by atoms with Crippen LogP contribution in [0, 0.1) is 5.92 Å². The first-order valence-electron chi connectivity index (χ1n) is 7.23. The molecule has 0 bridgehead atoms. The SMILES string of the molecule is CCC1CCC(N(C)c2ncc(CN)cc2Cl)CC1. The molecule has 0 unspecified atom stereocenters. The fourth-order valence-electron chi connectivity index (χ4n) is 2.95. The van der Waals surface area contributed by atoms with E-state index in [9.17, 15) is 0 Å². The van der Waals surface area contributed by atoms with Crippen LogP contribution in [-0.4, -0.2) is 18.1 Å². The molecule has 19 heavy (non-hydrogen) atoms. The molecule has 0 saturated heterocycles. The molecular weight excluding hydrogens is 258 g/mol. The van der Waals surface area contributed by atoms with E-state index in [2.05, 4.69) is 23.9 Å². The average Bonchev–Trinajstić information content (AvgIpc) is 2.46. The van der Waals surface area contributed by atoms with Gasteiger partial charge in [-0.3, -0.25) is 0 Å². The molecule has 1 aliphatic carbocycles. The van der Waals surface area contributed by atoms with Gasteiger partial charge in [0.2, 0.25) is 0 Å². The second-order valence-corrected chi connectivity index (χ2v) is 5.95. The minimum atomic E-state index is 0.484. The standard InChI is InChI=1S/C15H24ClN3/c1-3-11-4-6-13(7-5-11)19(2)15-14(16)8-12(9-17)10-18-15/h8,10-11,13H,3-7,9,17H2,1-2H3. The first-order valence-corrected chi connectivity index (χ1v) is 7.60. The molecule has 1 aromatic rings. The molecule has 0 amide bonds. The summed E-state index contributed by atoms with van der Waals surface area (Å²) in [6, 6.07) is 2.49. The van der Waals surface area contributed by atoms with E-state index < -0.39 is 0 Å². The molecule has 3 nitrogen and oxygen atoms in total. The quantitative estimate of drug-likeness (QED) is 0.917. The highest BCUT2D eigenvalue weighted by atomic mass is 35.5. The van der Waals surface area contributed by atoms with E-state index >= 15 is 0 Å². The monoisotopic (exact) mass is 281 g/mol. The van der Waals surface area contributed by atoms with E-state index in [4.69, 9.17) is 17.3 Å². The normalized spacial score (nSPS) is 23.4. The van der Waals surface area contributed by atoms with E-state index in [1.54, 1.807) is 0 Å². The Kier molecular flexibility index (Phi) is 5.06. The molecule has 1 fully saturated rings. The van der Waals surface area contributed by atoms with Crippen molar-refractivity contribution < 1.29 is 0 Å². The molecule has 1 heterocycles. The Morgan fingerprint density at radius 1 is 1.37 bits per heavy atom. The van der Waals surface area contributed by atoms with E-state index in [-0.39, 0.29) is 0 Å². The fourth-order valence-corrected chi connectivity index (χ4v) is 3.28. The van der Waals surface area contributed by atoms with Crippen LogP contribution in [0.2, 0.25) is 5.02 Å². The first-order chi connectivity index (χ1) is 9.15. The van der Waals surface area contributed by atoms with Gasteiger partial charge in [-0.25, -0.2) is 4.98 Å². The summed E-state index contributed by atoms with van der Waals surface area (Å²) < 4.78 is 0. The summed E-state index contributed by atoms with van der Waals surface area (Å²) in [7, 11) is 2.10. The number of pyridine rings is 1. The number of nitrogens with two attached hydrogens (primary N) is 1. The minimum absolute atomic E-state index is 0.484. The number of hydrogen-bond donors (Lipinski definition) is 1. The Morgan fingerprint density at radius 2 is 2.05 bits per heavy atom. The van der Waals surface area contributed by atoms with Gasteiger partial charge < -0.3 is 10.6 Å². The Labute approximate surface area is 121 Å². The highest BCUT2D eigenvalue weighted by Crippen LogP contribution is 2.33. The largest absolute Gasteiger partial charge is 0.355 e. The molecule has 1 aromatic heterocycles. The van der Waals surface area contributed by atoms with Gasteiger partial charge in [0.15, 0.2) is 0 Å². The number of nitrogens with zero attached hydrogens (tertiary/aromatic N) is 2. The molecular formula is C15H24ClN3. The van der Waals surface area contributed by atoms with Crippen LogP contribution >= 0.6 is 11.6 Å². The highest BCUT2D eigenvalue weighted by molar-refractivity contribution is 6.33. The van der Waals surface area contributed by atoms with Crippen LogP contribution in [0.5, 0.6) is 0 Å². The van der Waals surface area contributed by atoms with Gasteiger partial charge in [0.1, 0.15) is 5.82 Å². The van der Waals surface area contributed by atoms with E-state index in [0.717, 1.165) is 17.3 Å².